The van der Waals surface area contributed by atoms with Crippen LogP contribution in [0.3, 0.4) is 0 Å². The van der Waals surface area contributed by atoms with Crippen LogP contribution in [0.15, 0.2) is 48.5 Å². The highest BCUT2D eigenvalue weighted by atomic mass is 35.5. The summed E-state index contributed by atoms with van der Waals surface area (Å²) in [6.07, 6.45) is 0. The molecule has 0 bridgehead atoms. The molecule has 0 aliphatic rings. The summed E-state index contributed by atoms with van der Waals surface area (Å²) in [5.41, 5.74) is 3.81. The van der Waals surface area contributed by atoms with E-state index in [9.17, 15) is 0 Å². The van der Waals surface area contributed by atoms with Crippen molar-refractivity contribution in [3.8, 4) is 0 Å². The molecule has 1 unspecified atom stereocenters. The maximum Gasteiger partial charge on any atom is 0.0453 e. The topological polar surface area (TPSA) is 15.3 Å². The zero-order valence-corrected chi connectivity index (χ0v) is 13.7. The Morgan fingerprint density at radius 3 is 2.52 bits per heavy atom. The third kappa shape index (κ3) is 4.31. The van der Waals surface area contributed by atoms with Crippen molar-refractivity contribution in [1.29, 1.82) is 0 Å². The van der Waals surface area contributed by atoms with E-state index in [4.69, 9.17) is 11.6 Å². The number of halogens is 1. The van der Waals surface area contributed by atoms with E-state index in [2.05, 4.69) is 54.5 Å². The van der Waals surface area contributed by atoms with Crippen LogP contribution in [0.5, 0.6) is 0 Å². The average molecular weight is 303 g/mol. The average Bonchev–Trinajstić information content (AvgIpc) is 2.48. The third-order valence-corrected chi connectivity index (χ3v) is 4.16. The van der Waals surface area contributed by atoms with E-state index in [0.29, 0.717) is 0 Å². The molecule has 0 aliphatic heterocycles. The van der Waals surface area contributed by atoms with E-state index in [1.54, 1.807) is 0 Å². The summed E-state index contributed by atoms with van der Waals surface area (Å²) in [4.78, 5) is 2.32. The summed E-state index contributed by atoms with van der Waals surface area (Å²) in [7, 11) is 4.11. The van der Waals surface area contributed by atoms with Gasteiger partial charge in [0.2, 0.25) is 0 Å². The van der Waals surface area contributed by atoms with Crippen LogP contribution < -0.4 is 5.32 Å². The fourth-order valence-electron chi connectivity index (χ4n) is 2.52. The van der Waals surface area contributed by atoms with Crippen LogP contribution in [0, 0.1) is 0 Å². The predicted octanol–water partition coefficient (Wildman–Crippen LogP) is 4.25. The molecule has 112 valence electrons. The largest absolute Gasteiger partial charge is 0.316 e. The summed E-state index contributed by atoms with van der Waals surface area (Å²) in [5, 5.41) is 4.02. The van der Waals surface area contributed by atoms with Crippen molar-refractivity contribution in [2.45, 2.75) is 26.1 Å². The lowest BCUT2D eigenvalue weighted by molar-refractivity contribution is 0.253. The Labute approximate surface area is 132 Å². The zero-order valence-electron chi connectivity index (χ0n) is 12.9. The summed E-state index contributed by atoms with van der Waals surface area (Å²) in [6.45, 7) is 4.00. The van der Waals surface area contributed by atoms with Crippen LogP contribution in [0.2, 0.25) is 5.02 Å². The van der Waals surface area contributed by atoms with Crippen molar-refractivity contribution in [3.05, 3.63) is 70.2 Å². The van der Waals surface area contributed by atoms with Crippen LogP contribution in [0.1, 0.15) is 29.7 Å². The minimum atomic E-state index is 0.284. The van der Waals surface area contributed by atoms with Gasteiger partial charge in [0.15, 0.2) is 0 Å². The van der Waals surface area contributed by atoms with Crippen molar-refractivity contribution in [3.63, 3.8) is 0 Å². The van der Waals surface area contributed by atoms with Crippen LogP contribution >= 0.6 is 11.6 Å². The number of nitrogens with one attached hydrogen (secondary N) is 1. The van der Waals surface area contributed by atoms with Crippen LogP contribution in [-0.2, 0) is 13.1 Å². The van der Waals surface area contributed by atoms with E-state index in [1.807, 2.05) is 25.2 Å². The van der Waals surface area contributed by atoms with Gasteiger partial charge in [-0.25, -0.2) is 0 Å². The highest BCUT2D eigenvalue weighted by Gasteiger charge is 2.14. The van der Waals surface area contributed by atoms with Crippen LogP contribution in [0.25, 0.3) is 0 Å². The summed E-state index contributed by atoms with van der Waals surface area (Å²) in [6, 6.07) is 17.1. The van der Waals surface area contributed by atoms with Gasteiger partial charge in [0.25, 0.3) is 0 Å². The molecule has 0 fully saturated rings. The van der Waals surface area contributed by atoms with Crippen LogP contribution in [0.4, 0.5) is 0 Å². The lowest BCUT2D eigenvalue weighted by atomic mass is 10.1. The second-order valence-corrected chi connectivity index (χ2v) is 5.87. The molecule has 0 heterocycles. The van der Waals surface area contributed by atoms with Crippen LogP contribution in [-0.4, -0.2) is 19.0 Å². The normalized spacial score (nSPS) is 12.6. The van der Waals surface area contributed by atoms with Crippen molar-refractivity contribution in [1.82, 2.24) is 10.2 Å². The molecule has 0 amide bonds. The van der Waals surface area contributed by atoms with Gasteiger partial charge in [0.05, 0.1) is 0 Å². The lowest BCUT2D eigenvalue weighted by Gasteiger charge is -2.26. The first kappa shape index (κ1) is 16.0. The van der Waals surface area contributed by atoms with Gasteiger partial charge in [-0.15, -0.1) is 0 Å². The molecular weight excluding hydrogens is 280 g/mol. The Balaban J connectivity index is 2.09. The Morgan fingerprint density at radius 2 is 1.81 bits per heavy atom. The molecule has 0 aromatic heterocycles. The van der Waals surface area contributed by atoms with Crippen molar-refractivity contribution >= 4 is 11.6 Å². The standard InChI is InChI=1S/C18H23ClN2/c1-14(17-9-4-5-10-18(17)19)21(3)13-16-8-6-7-15(11-16)12-20-2/h4-11,14,20H,12-13H2,1-3H3. The lowest BCUT2D eigenvalue weighted by Crippen LogP contribution is -2.22. The summed E-state index contributed by atoms with van der Waals surface area (Å²) in [5.74, 6) is 0. The molecule has 1 N–H and O–H groups in total. The highest BCUT2D eigenvalue weighted by molar-refractivity contribution is 6.31. The maximum absolute atomic E-state index is 6.30. The molecule has 2 aromatic carbocycles. The first-order chi connectivity index (χ1) is 10.1. The molecule has 21 heavy (non-hydrogen) atoms. The summed E-state index contributed by atoms with van der Waals surface area (Å²) >= 11 is 6.30. The summed E-state index contributed by atoms with van der Waals surface area (Å²) < 4.78 is 0. The zero-order chi connectivity index (χ0) is 15.2. The van der Waals surface area contributed by atoms with Gasteiger partial charge in [-0.05, 0) is 43.8 Å². The Kier molecular flexibility index (Phi) is 5.80. The van der Waals surface area contributed by atoms with Gasteiger partial charge >= 0.3 is 0 Å². The molecule has 2 rings (SSSR count). The molecule has 0 saturated carbocycles. The Morgan fingerprint density at radius 1 is 1.10 bits per heavy atom. The van der Waals surface area contributed by atoms with Crippen molar-refractivity contribution in [2.24, 2.45) is 0 Å². The number of hydrogen-bond donors (Lipinski definition) is 1. The number of hydrogen-bond acceptors (Lipinski definition) is 2. The molecule has 2 nitrogen and oxygen atoms in total. The van der Waals surface area contributed by atoms with Gasteiger partial charge < -0.3 is 5.32 Å². The molecule has 2 aromatic rings. The van der Waals surface area contributed by atoms with E-state index in [-0.39, 0.29) is 6.04 Å². The van der Waals surface area contributed by atoms with Gasteiger partial charge in [-0.3, -0.25) is 4.90 Å². The van der Waals surface area contributed by atoms with E-state index in [0.717, 1.165) is 18.1 Å². The minimum Gasteiger partial charge on any atom is -0.316 e. The number of nitrogens with zero attached hydrogens (tertiary/aromatic N) is 1. The molecule has 0 spiro atoms. The molecular formula is C18H23ClN2. The fourth-order valence-corrected chi connectivity index (χ4v) is 2.81. The third-order valence-electron chi connectivity index (χ3n) is 3.82. The minimum absolute atomic E-state index is 0.284. The first-order valence-corrected chi connectivity index (χ1v) is 7.66. The van der Waals surface area contributed by atoms with E-state index in [1.165, 1.54) is 16.7 Å². The van der Waals surface area contributed by atoms with Gasteiger partial charge in [-0.2, -0.15) is 0 Å². The molecule has 0 saturated heterocycles. The smallest absolute Gasteiger partial charge is 0.0453 e. The first-order valence-electron chi connectivity index (χ1n) is 7.29. The Bertz CT molecular complexity index is 583. The van der Waals surface area contributed by atoms with Crippen molar-refractivity contribution < 1.29 is 0 Å². The Hall–Kier alpha value is -1.35. The van der Waals surface area contributed by atoms with Crippen molar-refractivity contribution in [2.75, 3.05) is 14.1 Å². The maximum atomic E-state index is 6.30. The van der Waals surface area contributed by atoms with E-state index < -0.39 is 0 Å². The fraction of sp³-hybridized carbons (Fsp3) is 0.333. The number of rotatable bonds is 6. The molecule has 0 aliphatic carbocycles. The molecule has 1 atom stereocenters. The SMILES string of the molecule is CNCc1cccc(CN(C)C(C)c2ccccc2Cl)c1. The molecule has 3 heteroatoms. The van der Waals surface area contributed by atoms with E-state index >= 15 is 0 Å². The second kappa shape index (κ2) is 7.60. The van der Waals surface area contributed by atoms with Gasteiger partial charge in [0, 0.05) is 24.2 Å². The quantitative estimate of drug-likeness (QED) is 0.858. The van der Waals surface area contributed by atoms with Gasteiger partial charge in [0.1, 0.15) is 0 Å². The van der Waals surface area contributed by atoms with Gasteiger partial charge in [-0.1, -0.05) is 54.1 Å². The predicted molar refractivity (Wildman–Crippen MR) is 90.5 cm³/mol. The second-order valence-electron chi connectivity index (χ2n) is 5.46. The molecule has 0 radical (unpaired) electrons. The number of benzene rings is 2. The monoisotopic (exact) mass is 302 g/mol. The highest BCUT2D eigenvalue weighted by Crippen LogP contribution is 2.27.